The van der Waals surface area contributed by atoms with Gasteiger partial charge in [-0.25, -0.2) is 0 Å². The predicted octanol–water partition coefficient (Wildman–Crippen LogP) is 2.76. The maximum absolute atomic E-state index is 5.25. The molecule has 0 aromatic carbocycles. The topological polar surface area (TPSA) is 24.5 Å². The molecular formula is C15H34N2O. The smallest absolute Gasteiger partial charge is 0.0589 e. The number of rotatable bonds is 9. The van der Waals surface area contributed by atoms with Crippen molar-refractivity contribution < 1.29 is 4.74 Å². The van der Waals surface area contributed by atoms with Crippen molar-refractivity contribution in [2.45, 2.75) is 59.5 Å². The van der Waals surface area contributed by atoms with Crippen LogP contribution in [0.2, 0.25) is 0 Å². The number of methoxy groups -OCH3 is 1. The second-order valence-corrected chi connectivity index (χ2v) is 6.17. The third-order valence-corrected chi connectivity index (χ3v) is 3.85. The lowest BCUT2D eigenvalue weighted by molar-refractivity contribution is 0.0901. The van der Waals surface area contributed by atoms with Crippen molar-refractivity contribution in [2.24, 2.45) is 5.41 Å². The molecule has 0 heterocycles. The molecule has 0 aromatic rings. The second-order valence-electron chi connectivity index (χ2n) is 6.17. The van der Waals surface area contributed by atoms with Crippen LogP contribution in [0.5, 0.6) is 0 Å². The lowest BCUT2D eigenvalue weighted by Gasteiger charge is -2.38. The molecule has 0 spiro atoms. The predicted molar refractivity (Wildman–Crippen MR) is 80.1 cm³/mol. The van der Waals surface area contributed by atoms with Crippen LogP contribution in [0.3, 0.4) is 0 Å². The summed E-state index contributed by atoms with van der Waals surface area (Å²) >= 11 is 0. The first-order valence-electron chi connectivity index (χ1n) is 7.30. The second kappa shape index (κ2) is 8.89. The van der Waals surface area contributed by atoms with Crippen LogP contribution < -0.4 is 5.32 Å². The molecule has 3 heteroatoms. The van der Waals surface area contributed by atoms with E-state index >= 15 is 0 Å². The Hall–Kier alpha value is -0.120. The summed E-state index contributed by atoms with van der Waals surface area (Å²) in [6, 6.07) is 1.17. The molecule has 0 aliphatic carbocycles. The summed E-state index contributed by atoms with van der Waals surface area (Å²) in [5, 5.41) is 3.47. The summed E-state index contributed by atoms with van der Waals surface area (Å²) < 4.78 is 5.25. The van der Waals surface area contributed by atoms with E-state index in [-0.39, 0.29) is 5.41 Å². The molecule has 0 saturated carbocycles. The number of hydrogen-bond donors (Lipinski definition) is 1. The van der Waals surface area contributed by atoms with Gasteiger partial charge in [0.15, 0.2) is 0 Å². The molecule has 0 aliphatic rings. The van der Waals surface area contributed by atoms with E-state index in [1.807, 2.05) is 0 Å². The van der Waals surface area contributed by atoms with Crippen molar-refractivity contribution in [3.63, 3.8) is 0 Å². The van der Waals surface area contributed by atoms with E-state index < -0.39 is 0 Å². The zero-order chi connectivity index (χ0) is 14.2. The first kappa shape index (κ1) is 17.9. The van der Waals surface area contributed by atoms with E-state index in [1.54, 1.807) is 7.11 Å². The van der Waals surface area contributed by atoms with Crippen LogP contribution in [0, 0.1) is 5.41 Å². The van der Waals surface area contributed by atoms with E-state index in [9.17, 15) is 0 Å². The van der Waals surface area contributed by atoms with Gasteiger partial charge in [0.05, 0.1) is 6.61 Å². The molecule has 1 atom stereocenters. The average Bonchev–Trinajstić information content (AvgIpc) is 2.31. The van der Waals surface area contributed by atoms with Crippen LogP contribution in [-0.2, 0) is 4.74 Å². The standard InChI is InChI=1S/C15H34N2O/c1-8-13(9-2)17(10-11-18-7)12-14(16-6)15(3,4)5/h13-14,16H,8-12H2,1-7H3. The Morgan fingerprint density at radius 2 is 1.72 bits per heavy atom. The fourth-order valence-corrected chi connectivity index (χ4v) is 2.47. The summed E-state index contributed by atoms with van der Waals surface area (Å²) in [7, 11) is 3.85. The number of hydrogen-bond acceptors (Lipinski definition) is 3. The fourth-order valence-electron chi connectivity index (χ4n) is 2.47. The average molecular weight is 258 g/mol. The van der Waals surface area contributed by atoms with Crippen LogP contribution in [0.25, 0.3) is 0 Å². The molecule has 3 nitrogen and oxygen atoms in total. The number of nitrogens with one attached hydrogen (secondary N) is 1. The molecular weight excluding hydrogens is 224 g/mol. The Kier molecular flexibility index (Phi) is 8.83. The minimum Gasteiger partial charge on any atom is -0.383 e. The SMILES string of the molecule is CCC(CC)N(CCOC)CC(NC)C(C)(C)C. The molecule has 0 amide bonds. The van der Waals surface area contributed by atoms with Gasteiger partial charge in [0.2, 0.25) is 0 Å². The number of ether oxygens (including phenoxy) is 1. The largest absolute Gasteiger partial charge is 0.383 e. The highest BCUT2D eigenvalue weighted by Crippen LogP contribution is 2.21. The van der Waals surface area contributed by atoms with Gasteiger partial charge in [0.1, 0.15) is 0 Å². The minimum absolute atomic E-state index is 0.284. The van der Waals surface area contributed by atoms with Gasteiger partial charge in [-0.3, -0.25) is 4.90 Å². The van der Waals surface area contributed by atoms with Gasteiger partial charge in [-0.2, -0.15) is 0 Å². The van der Waals surface area contributed by atoms with Crippen LogP contribution in [-0.4, -0.2) is 50.8 Å². The summed E-state index contributed by atoms with van der Waals surface area (Å²) in [5.74, 6) is 0. The van der Waals surface area contributed by atoms with E-state index in [2.05, 4.69) is 51.9 Å². The molecule has 0 fully saturated rings. The van der Waals surface area contributed by atoms with E-state index in [4.69, 9.17) is 4.74 Å². The van der Waals surface area contributed by atoms with Crippen molar-refractivity contribution in [2.75, 3.05) is 33.9 Å². The zero-order valence-corrected chi connectivity index (χ0v) is 13.5. The van der Waals surface area contributed by atoms with Crippen molar-refractivity contribution in [3.05, 3.63) is 0 Å². The molecule has 18 heavy (non-hydrogen) atoms. The zero-order valence-electron chi connectivity index (χ0n) is 13.5. The fraction of sp³-hybridized carbons (Fsp3) is 1.00. The van der Waals surface area contributed by atoms with Crippen LogP contribution in [0.1, 0.15) is 47.5 Å². The summed E-state index contributed by atoms with van der Waals surface area (Å²) in [6.07, 6.45) is 2.42. The third-order valence-electron chi connectivity index (χ3n) is 3.85. The van der Waals surface area contributed by atoms with Gasteiger partial charge in [-0.1, -0.05) is 34.6 Å². The summed E-state index contributed by atoms with van der Waals surface area (Å²) in [5.41, 5.74) is 0.284. The first-order valence-corrected chi connectivity index (χ1v) is 7.30. The molecule has 1 N–H and O–H groups in total. The monoisotopic (exact) mass is 258 g/mol. The van der Waals surface area contributed by atoms with Crippen molar-refractivity contribution >= 4 is 0 Å². The highest BCUT2D eigenvalue weighted by atomic mass is 16.5. The van der Waals surface area contributed by atoms with Crippen molar-refractivity contribution in [1.29, 1.82) is 0 Å². The van der Waals surface area contributed by atoms with E-state index in [1.165, 1.54) is 12.8 Å². The van der Waals surface area contributed by atoms with E-state index in [0.717, 1.165) is 19.7 Å². The Morgan fingerprint density at radius 1 is 1.17 bits per heavy atom. The van der Waals surface area contributed by atoms with Gasteiger partial charge in [-0.05, 0) is 25.3 Å². The molecule has 0 rings (SSSR count). The molecule has 0 saturated heterocycles. The van der Waals surface area contributed by atoms with Crippen molar-refractivity contribution in [3.8, 4) is 0 Å². The number of likely N-dealkylation sites (N-methyl/N-ethyl adjacent to an activating group) is 1. The van der Waals surface area contributed by atoms with Gasteiger partial charge in [0.25, 0.3) is 0 Å². The molecule has 110 valence electrons. The molecule has 1 unspecified atom stereocenters. The molecule has 0 aromatic heterocycles. The minimum atomic E-state index is 0.284. The Bertz CT molecular complexity index is 197. The normalized spacial score (nSPS) is 14.5. The highest BCUT2D eigenvalue weighted by molar-refractivity contribution is 4.84. The van der Waals surface area contributed by atoms with Crippen LogP contribution in [0.4, 0.5) is 0 Å². The first-order chi connectivity index (χ1) is 8.40. The van der Waals surface area contributed by atoms with Crippen LogP contribution >= 0.6 is 0 Å². The quantitative estimate of drug-likeness (QED) is 0.688. The third kappa shape index (κ3) is 6.17. The lowest BCUT2D eigenvalue weighted by Crippen LogP contribution is -2.50. The summed E-state index contributed by atoms with van der Waals surface area (Å²) in [6.45, 7) is 14.4. The van der Waals surface area contributed by atoms with Crippen molar-refractivity contribution in [1.82, 2.24) is 10.2 Å². The lowest BCUT2D eigenvalue weighted by atomic mass is 9.86. The Labute approximate surface area is 114 Å². The molecule has 0 aliphatic heterocycles. The van der Waals surface area contributed by atoms with E-state index in [0.29, 0.717) is 12.1 Å². The van der Waals surface area contributed by atoms with Gasteiger partial charge in [0, 0.05) is 32.3 Å². The Morgan fingerprint density at radius 3 is 2.06 bits per heavy atom. The Balaban J connectivity index is 4.64. The maximum Gasteiger partial charge on any atom is 0.0589 e. The highest BCUT2D eigenvalue weighted by Gasteiger charge is 2.27. The van der Waals surface area contributed by atoms with Crippen LogP contribution in [0.15, 0.2) is 0 Å². The maximum atomic E-state index is 5.25. The van der Waals surface area contributed by atoms with Gasteiger partial charge >= 0.3 is 0 Å². The van der Waals surface area contributed by atoms with Gasteiger partial charge < -0.3 is 10.1 Å². The number of nitrogens with zero attached hydrogens (tertiary/aromatic N) is 1. The summed E-state index contributed by atoms with van der Waals surface area (Å²) in [4.78, 5) is 2.58. The molecule has 0 bridgehead atoms. The molecule has 0 radical (unpaired) electrons. The van der Waals surface area contributed by atoms with Gasteiger partial charge in [-0.15, -0.1) is 0 Å².